The second-order valence-corrected chi connectivity index (χ2v) is 4.74. The molecule has 0 rings (SSSR count). The SMILES string of the molecule is CCCC[O-].[CH2-]CCCCCCCCCCC.[Mg+2]. The van der Waals surface area contributed by atoms with Gasteiger partial charge in [-0.2, -0.15) is 6.42 Å². The van der Waals surface area contributed by atoms with Crippen LogP contribution in [0.1, 0.15) is 90.9 Å². The average Bonchev–Trinajstić information content (AvgIpc) is 2.34. The van der Waals surface area contributed by atoms with E-state index in [-0.39, 0.29) is 29.7 Å². The van der Waals surface area contributed by atoms with Crippen LogP contribution in [0.3, 0.4) is 0 Å². The molecule has 0 aliphatic rings. The van der Waals surface area contributed by atoms with Crippen LogP contribution >= 0.6 is 0 Å². The zero-order valence-corrected chi connectivity index (χ0v) is 14.4. The van der Waals surface area contributed by atoms with Gasteiger partial charge in [-0.05, 0) is 0 Å². The Balaban J connectivity index is -0.000000321. The van der Waals surface area contributed by atoms with Gasteiger partial charge in [-0.1, -0.05) is 84.5 Å². The van der Waals surface area contributed by atoms with E-state index in [0.717, 1.165) is 19.3 Å². The van der Waals surface area contributed by atoms with Crippen molar-refractivity contribution in [1.29, 1.82) is 0 Å². The maximum absolute atomic E-state index is 9.53. The van der Waals surface area contributed by atoms with Crippen molar-refractivity contribution in [2.24, 2.45) is 0 Å². The summed E-state index contributed by atoms with van der Waals surface area (Å²) in [7, 11) is 0. The van der Waals surface area contributed by atoms with Crippen LogP contribution in [0.2, 0.25) is 0 Å². The second kappa shape index (κ2) is 26.3. The summed E-state index contributed by atoms with van der Waals surface area (Å²) in [6.07, 6.45) is 15.7. The van der Waals surface area contributed by atoms with E-state index in [9.17, 15) is 5.11 Å². The number of hydrogen-bond donors (Lipinski definition) is 0. The van der Waals surface area contributed by atoms with E-state index < -0.39 is 0 Å². The van der Waals surface area contributed by atoms with E-state index in [2.05, 4.69) is 13.8 Å². The van der Waals surface area contributed by atoms with Gasteiger partial charge in [-0.3, -0.25) is 0 Å². The predicted octanol–water partition coefficient (Wildman–Crippen LogP) is 4.51. The van der Waals surface area contributed by atoms with Crippen LogP contribution in [0, 0.1) is 6.92 Å². The molecule has 0 saturated heterocycles. The average molecular weight is 267 g/mol. The van der Waals surface area contributed by atoms with Crippen LogP contribution in [0.5, 0.6) is 0 Å². The summed E-state index contributed by atoms with van der Waals surface area (Å²) in [4.78, 5) is 0. The Kier molecular flexibility index (Phi) is 34.8. The van der Waals surface area contributed by atoms with E-state index in [4.69, 9.17) is 0 Å². The van der Waals surface area contributed by atoms with Crippen LogP contribution in [0.15, 0.2) is 0 Å². The number of rotatable bonds is 11. The van der Waals surface area contributed by atoms with Gasteiger partial charge in [-0.25, -0.2) is 0 Å². The van der Waals surface area contributed by atoms with Crippen molar-refractivity contribution < 1.29 is 5.11 Å². The van der Waals surface area contributed by atoms with Gasteiger partial charge in [0.1, 0.15) is 0 Å². The maximum Gasteiger partial charge on any atom is 2.00 e. The van der Waals surface area contributed by atoms with Gasteiger partial charge in [0.2, 0.25) is 0 Å². The van der Waals surface area contributed by atoms with Crippen LogP contribution in [-0.4, -0.2) is 29.7 Å². The van der Waals surface area contributed by atoms with Crippen LogP contribution in [-0.2, 0) is 0 Å². The Hall–Kier alpha value is 0.726. The first kappa shape index (κ1) is 23.8. The summed E-state index contributed by atoms with van der Waals surface area (Å²) < 4.78 is 0. The first-order valence-corrected chi connectivity index (χ1v) is 7.70. The Morgan fingerprint density at radius 2 is 1.06 bits per heavy atom. The molecule has 0 aromatic heterocycles. The van der Waals surface area contributed by atoms with Crippen molar-refractivity contribution in [1.82, 2.24) is 0 Å². The van der Waals surface area contributed by atoms with Crippen molar-refractivity contribution in [2.45, 2.75) is 90.9 Å². The smallest absolute Gasteiger partial charge is 0.854 e. The third kappa shape index (κ3) is 30.1. The molecule has 0 aliphatic carbocycles. The van der Waals surface area contributed by atoms with E-state index in [1.165, 1.54) is 57.8 Å². The summed E-state index contributed by atoms with van der Waals surface area (Å²) in [6.45, 7) is 8.22. The molecular weight excluding hydrogens is 232 g/mol. The Labute approximate surface area is 132 Å². The monoisotopic (exact) mass is 266 g/mol. The van der Waals surface area contributed by atoms with E-state index >= 15 is 0 Å². The van der Waals surface area contributed by atoms with Crippen molar-refractivity contribution in [3.8, 4) is 0 Å². The maximum atomic E-state index is 9.53. The summed E-state index contributed by atoms with van der Waals surface area (Å²) in [5, 5.41) is 9.53. The molecule has 0 saturated carbocycles. The van der Waals surface area contributed by atoms with Crippen LogP contribution < -0.4 is 5.11 Å². The molecule has 18 heavy (non-hydrogen) atoms. The van der Waals surface area contributed by atoms with Crippen molar-refractivity contribution >= 4 is 23.1 Å². The van der Waals surface area contributed by atoms with Crippen LogP contribution in [0.4, 0.5) is 0 Å². The molecule has 0 aromatic rings. The fraction of sp³-hybridized carbons (Fsp3) is 0.938. The number of unbranched alkanes of at least 4 members (excludes halogenated alkanes) is 10. The second-order valence-electron chi connectivity index (χ2n) is 4.74. The van der Waals surface area contributed by atoms with Crippen molar-refractivity contribution in [2.75, 3.05) is 6.61 Å². The minimum Gasteiger partial charge on any atom is -0.854 e. The molecule has 0 aliphatic heterocycles. The normalized spacial score (nSPS) is 9.33. The molecule has 2 heteroatoms. The van der Waals surface area contributed by atoms with Gasteiger partial charge in [0.25, 0.3) is 0 Å². The molecule has 0 bridgehead atoms. The summed E-state index contributed by atoms with van der Waals surface area (Å²) in [6, 6.07) is 0. The van der Waals surface area contributed by atoms with Crippen molar-refractivity contribution in [3.05, 3.63) is 6.92 Å². The molecule has 0 atom stereocenters. The number of hydrogen-bond acceptors (Lipinski definition) is 1. The minimum atomic E-state index is 0. The van der Waals surface area contributed by atoms with Gasteiger partial charge in [0.05, 0.1) is 0 Å². The third-order valence-electron chi connectivity index (χ3n) is 2.85. The summed E-state index contributed by atoms with van der Waals surface area (Å²) in [5.41, 5.74) is 0. The molecule has 0 heterocycles. The Morgan fingerprint density at radius 3 is 1.33 bits per heavy atom. The molecule has 0 radical (unpaired) electrons. The van der Waals surface area contributed by atoms with Crippen LogP contribution in [0.25, 0.3) is 0 Å². The molecule has 0 N–H and O–H groups in total. The minimum absolute atomic E-state index is 0. The quantitative estimate of drug-likeness (QED) is 0.307. The molecule has 0 fully saturated rings. The molecule has 0 spiro atoms. The van der Waals surface area contributed by atoms with Gasteiger partial charge in [0.15, 0.2) is 0 Å². The molecule has 106 valence electrons. The van der Waals surface area contributed by atoms with E-state index in [1.54, 1.807) is 0 Å². The molecule has 0 amide bonds. The molecular formula is C16H34MgO. The van der Waals surface area contributed by atoms with Crippen molar-refractivity contribution in [3.63, 3.8) is 0 Å². The molecule has 0 unspecified atom stereocenters. The van der Waals surface area contributed by atoms with E-state index in [0.29, 0.717) is 0 Å². The van der Waals surface area contributed by atoms with Gasteiger partial charge in [-0.15, -0.1) is 6.61 Å². The molecule has 0 aromatic carbocycles. The van der Waals surface area contributed by atoms with Gasteiger partial charge in [0, 0.05) is 0 Å². The fourth-order valence-corrected chi connectivity index (χ4v) is 1.63. The zero-order valence-electron chi connectivity index (χ0n) is 13.0. The largest absolute Gasteiger partial charge is 2.00 e. The third-order valence-corrected chi connectivity index (χ3v) is 2.85. The molecule has 1 nitrogen and oxygen atoms in total. The Morgan fingerprint density at radius 1 is 0.667 bits per heavy atom. The topological polar surface area (TPSA) is 23.1 Å². The first-order chi connectivity index (χ1) is 8.33. The van der Waals surface area contributed by atoms with Gasteiger partial charge >= 0.3 is 23.1 Å². The summed E-state index contributed by atoms with van der Waals surface area (Å²) >= 11 is 0. The zero-order chi connectivity index (χ0) is 13.2. The standard InChI is InChI=1S/C12H25.C4H9O.Mg/c1-3-5-7-9-11-12-10-8-6-4-2;1-2-3-4-5;/h1,3-12H2,2H3;2-4H2,1H3;/q2*-1;+2. The van der Waals surface area contributed by atoms with Gasteiger partial charge < -0.3 is 12.0 Å². The summed E-state index contributed by atoms with van der Waals surface area (Å²) in [5.74, 6) is 0. The first-order valence-electron chi connectivity index (χ1n) is 7.70. The van der Waals surface area contributed by atoms with E-state index in [1.807, 2.05) is 6.92 Å². The predicted molar refractivity (Wildman–Crippen MR) is 82.7 cm³/mol. The fourth-order valence-electron chi connectivity index (χ4n) is 1.63. The Bertz CT molecular complexity index is 95.3.